The summed E-state index contributed by atoms with van der Waals surface area (Å²) in [6.07, 6.45) is 1.52. The van der Waals surface area contributed by atoms with Gasteiger partial charge in [0.05, 0.1) is 12.6 Å². The van der Waals surface area contributed by atoms with Crippen molar-refractivity contribution in [2.24, 2.45) is 0 Å². The first kappa shape index (κ1) is 16.4. The van der Waals surface area contributed by atoms with Gasteiger partial charge in [-0.05, 0) is 17.7 Å². The number of carbonyl (C=O) groups is 1. The van der Waals surface area contributed by atoms with Crippen molar-refractivity contribution in [3.05, 3.63) is 64.9 Å². The Morgan fingerprint density at radius 1 is 1.29 bits per heavy atom. The molecule has 122 valence electrons. The number of hydrogen-bond acceptors (Lipinski definition) is 4. The standard InChI is InChI=1S/C18H17ClN4O/c19-15-6-7-21-17(10-15)18(24)23-9-8-22(16(11-20)13-23)12-14-4-2-1-3-5-14/h1-7,10,16H,8-9,12-13H2/t16-/m1/s1. The molecule has 0 unspecified atom stereocenters. The maximum absolute atomic E-state index is 12.6. The molecule has 0 bridgehead atoms. The topological polar surface area (TPSA) is 60.2 Å². The van der Waals surface area contributed by atoms with Crippen LogP contribution in [0, 0.1) is 11.3 Å². The number of piperazine rings is 1. The van der Waals surface area contributed by atoms with Crippen molar-refractivity contribution >= 4 is 17.5 Å². The molecule has 6 heteroatoms. The molecule has 0 N–H and O–H groups in total. The number of pyridine rings is 1. The van der Waals surface area contributed by atoms with E-state index in [2.05, 4.69) is 16.0 Å². The maximum Gasteiger partial charge on any atom is 0.272 e. The van der Waals surface area contributed by atoms with Crippen molar-refractivity contribution in [2.75, 3.05) is 19.6 Å². The zero-order chi connectivity index (χ0) is 16.9. The van der Waals surface area contributed by atoms with Crippen LogP contribution >= 0.6 is 11.6 Å². The fourth-order valence-electron chi connectivity index (χ4n) is 2.82. The molecule has 0 radical (unpaired) electrons. The first-order valence-electron chi connectivity index (χ1n) is 7.76. The van der Waals surface area contributed by atoms with Crippen LogP contribution in [0.25, 0.3) is 0 Å². The van der Waals surface area contributed by atoms with Crippen LogP contribution in [0.5, 0.6) is 0 Å². The van der Waals surface area contributed by atoms with Crippen LogP contribution in [0.2, 0.25) is 5.02 Å². The second kappa shape index (κ2) is 7.43. The fourth-order valence-corrected chi connectivity index (χ4v) is 2.98. The van der Waals surface area contributed by atoms with Gasteiger partial charge in [-0.1, -0.05) is 41.9 Å². The quantitative estimate of drug-likeness (QED) is 0.861. The number of rotatable bonds is 3. The van der Waals surface area contributed by atoms with Crippen LogP contribution in [-0.4, -0.2) is 46.4 Å². The lowest BCUT2D eigenvalue weighted by Gasteiger charge is -2.38. The smallest absolute Gasteiger partial charge is 0.272 e. The molecule has 1 fully saturated rings. The molecule has 1 aromatic heterocycles. The summed E-state index contributed by atoms with van der Waals surface area (Å²) in [4.78, 5) is 20.4. The molecule has 24 heavy (non-hydrogen) atoms. The third kappa shape index (κ3) is 3.73. The third-order valence-corrected chi connectivity index (χ3v) is 4.33. The zero-order valence-corrected chi connectivity index (χ0v) is 13.9. The molecule has 1 aromatic carbocycles. The highest BCUT2D eigenvalue weighted by atomic mass is 35.5. The molecule has 0 aliphatic carbocycles. The second-order valence-corrected chi connectivity index (χ2v) is 6.15. The van der Waals surface area contributed by atoms with Crippen molar-refractivity contribution in [3.63, 3.8) is 0 Å². The molecule has 0 spiro atoms. The summed E-state index contributed by atoms with van der Waals surface area (Å²) in [6, 6.07) is 15.2. The van der Waals surface area contributed by atoms with Gasteiger partial charge in [0, 0.05) is 30.9 Å². The third-order valence-electron chi connectivity index (χ3n) is 4.10. The van der Waals surface area contributed by atoms with Crippen LogP contribution in [0.4, 0.5) is 0 Å². The Kier molecular flexibility index (Phi) is 5.09. The fraction of sp³-hybridized carbons (Fsp3) is 0.278. The normalized spacial score (nSPS) is 18.2. The van der Waals surface area contributed by atoms with Crippen LogP contribution < -0.4 is 0 Å². The number of hydrogen-bond donors (Lipinski definition) is 0. The monoisotopic (exact) mass is 340 g/mol. The maximum atomic E-state index is 12.6. The summed E-state index contributed by atoms with van der Waals surface area (Å²) >= 11 is 5.93. The van der Waals surface area contributed by atoms with Crippen LogP contribution in [0.1, 0.15) is 16.1 Å². The first-order valence-corrected chi connectivity index (χ1v) is 8.13. The lowest BCUT2D eigenvalue weighted by Crippen LogP contribution is -2.53. The summed E-state index contributed by atoms with van der Waals surface area (Å²) in [6.45, 7) is 2.30. The second-order valence-electron chi connectivity index (χ2n) is 5.71. The van der Waals surface area contributed by atoms with Gasteiger partial charge in [0.2, 0.25) is 0 Å². The van der Waals surface area contributed by atoms with E-state index in [1.807, 2.05) is 30.3 Å². The molecule has 1 aliphatic heterocycles. The lowest BCUT2D eigenvalue weighted by molar-refractivity contribution is 0.0547. The highest BCUT2D eigenvalue weighted by Gasteiger charge is 2.30. The minimum atomic E-state index is -0.331. The number of benzene rings is 1. The molecule has 1 aliphatic rings. The van der Waals surface area contributed by atoms with Gasteiger partial charge < -0.3 is 4.90 Å². The number of halogens is 1. The van der Waals surface area contributed by atoms with Crippen molar-refractivity contribution in [1.82, 2.24) is 14.8 Å². The molecular weight excluding hydrogens is 324 g/mol. The molecule has 3 rings (SSSR count). The molecule has 2 aromatic rings. The van der Waals surface area contributed by atoms with Gasteiger partial charge in [-0.2, -0.15) is 5.26 Å². The van der Waals surface area contributed by atoms with Gasteiger partial charge in [0.1, 0.15) is 11.7 Å². The summed E-state index contributed by atoms with van der Waals surface area (Å²) in [5, 5.41) is 9.97. The molecule has 5 nitrogen and oxygen atoms in total. The number of amides is 1. The first-order chi connectivity index (χ1) is 11.7. The number of nitrogens with zero attached hydrogens (tertiary/aromatic N) is 4. The molecule has 1 amide bonds. The van der Waals surface area contributed by atoms with E-state index < -0.39 is 0 Å². The minimum Gasteiger partial charge on any atom is -0.333 e. The Hall–Kier alpha value is -2.42. The molecular formula is C18H17ClN4O. The lowest BCUT2D eigenvalue weighted by atomic mass is 10.1. The number of carbonyl (C=O) groups excluding carboxylic acids is 1. The van der Waals surface area contributed by atoms with Gasteiger partial charge in [-0.15, -0.1) is 0 Å². The van der Waals surface area contributed by atoms with E-state index in [0.29, 0.717) is 36.9 Å². The average molecular weight is 341 g/mol. The van der Waals surface area contributed by atoms with Gasteiger partial charge >= 0.3 is 0 Å². The average Bonchev–Trinajstić information content (AvgIpc) is 2.62. The highest BCUT2D eigenvalue weighted by molar-refractivity contribution is 6.30. The molecule has 0 saturated carbocycles. The van der Waals surface area contributed by atoms with Crippen molar-refractivity contribution in [1.29, 1.82) is 5.26 Å². The number of nitriles is 1. The van der Waals surface area contributed by atoms with Gasteiger partial charge in [0.25, 0.3) is 5.91 Å². The van der Waals surface area contributed by atoms with Crippen LogP contribution in [-0.2, 0) is 6.54 Å². The predicted octanol–water partition coefficient (Wildman–Crippen LogP) is 2.59. The van der Waals surface area contributed by atoms with Crippen LogP contribution in [0.15, 0.2) is 48.7 Å². The Balaban J connectivity index is 1.68. The Labute approximate surface area is 146 Å². The van der Waals surface area contributed by atoms with E-state index in [4.69, 9.17) is 11.6 Å². The van der Waals surface area contributed by atoms with Crippen LogP contribution in [0.3, 0.4) is 0 Å². The van der Waals surface area contributed by atoms with Crippen molar-refractivity contribution in [3.8, 4) is 6.07 Å². The molecule has 2 heterocycles. The predicted molar refractivity (Wildman–Crippen MR) is 91.4 cm³/mol. The Morgan fingerprint density at radius 2 is 2.08 bits per heavy atom. The molecule has 1 saturated heterocycles. The van der Waals surface area contributed by atoms with E-state index in [1.54, 1.807) is 17.0 Å². The highest BCUT2D eigenvalue weighted by Crippen LogP contribution is 2.17. The Morgan fingerprint density at radius 3 is 2.79 bits per heavy atom. The van der Waals surface area contributed by atoms with E-state index in [-0.39, 0.29) is 11.9 Å². The van der Waals surface area contributed by atoms with E-state index in [9.17, 15) is 10.1 Å². The number of aromatic nitrogens is 1. The van der Waals surface area contributed by atoms with Gasteiger partial charge in [-0.3, -0.25) is 14.7 Å². The van der Waals surface area contributed by atoms with E-state index >= 15 is 0 Å². The summed E-state index contributed by atoms with van der Waals surface area (Å²) in [7, 11) is 0. The molecule has 1 atom stereocenters. The van der Waals surface area contributed by atoms with Crippen molar-refractivity contribution < 1.29 is 4.79 Å². The summed E-state index contributed by atoms with van der Waals surface area (Å²) in [5.74, 6) is -0.183. The Bertz CT molecular complexity index is 759. The minimum absolute atomic E-state index is 0.183. The summed E-state index contributed by atoms with van der Waals surface area (Å²) in [5.41, 5.74) is 1.48. The van der Waals surface area contributed by atoms with Gasteiger partial charge in [0.15, 0.2) is 0 Å². The van der Waals surface area contributed by atoms with E-state index in [1.165, 1.54) is 6.20 Å². The SMILES string of the molecule is N#C[C@@H]1CN(C(=O)c2cc(Cl)ccn2)CCN1Cc1ccccc1. The zero-order valence-electron chi connectivity index (χ0n) is 13.1. The van der Waals surface area contributed by atoms with E-state index in [0.717, 1.165) is 5.56 Å². The van der Waals surface area contributed by atoms with Crippen molar-refractivity contribution in [2.45, 2.75) is 12.6 Å². The largest absolute Gasteiger partial charge is 0.333 e. The van der Waals surface area contributed by atoms with Gasteiger partial charge in [-0.25, -0.2) is 0 Å². The summed E-state index contributed by atoms with van der Waals surface area (Å²) < 4.78 is 0.